The van der Waals surface area contributed by atoms with Crippen LogP contribution in [0.1, 0.15) is 36.7 Å². The van der Waals surface area contributed by atoms with Crippen LogP contribution in [0.25, 0.3) is 0 Å². The third-order valence-electron chi connectivity index (χ3n) is 4.28. The van der Waals surface area contributed by atoms with Crippen LogP contribution in [0.3, 0.4) is 0 Å². The number of amides is 1. The number of rotatable bonds is 7. The number of aromatic nitrogens is 3. The number of halogens is 1. The largest absolute Gasteiger partial charge is 0.490 e. The fraction of sp³-hybridized carbons (Fsp3) is 0.500. The lowest BCUT2D eigenvalue weighted by molar-refractivity contribution is 0.102. The van der Waals surface area contributed by atoms with Crippen LogP contribution in [0.5, 0.6) is 5.75 Å². The number of para-hydroxylation sites is 1. The molecule has 1 aliphatic rings. The van der Waals surface area contributed by atoms with E-state index >= 15 is 0 Å². The van der Waals surface area contributed by atoms with E-state index in [1.165, 1.54) is 6.42 Å². The predicted octanol–water partition coefficient (Wildman–Crippen LogP) is 2.97. The van der Waals surface area contributed by atoms with Crippen LogP contribution in [0.15, 0.2) is 24.4 Å². The molecule has 0 radical (unpaired) electrons. The van der Waals surface area contributed by atoms with Gasteiger partial charge in [0.05, 0.1) is 23.5 Å². The SMILES string of the molecule is CCCOc1c(Cl)cccc1NC(=O)c1cn(CC2CCCNC2)nn1. The molecule has 2 heterocycles. The standard InChI is InChI=1S/C18H24ClN5O2/c1-2-9-26-17-14(19)6-3-7-15(17)21-18(25)16-12-24(23-22-16)11-13-5-4-8-20-10-13/h3,6-7,12-13,20H,2,4-5,8-11H2,1H3,(H,21,25). The van der Waals surface area contributed by atoms with E-state index in [9.17, 15) is 4.79 Å². The van der Waals surface area contributed by atoms with Crippen molar-refractivity contribution in [1.29, 1.82) is 0 Å². The first kappa shape index (κ1) is 18.7. The molecule has 140 valence electrons. The Morgan fingerprint density at radius 2 is 2.38 bits per heavy atom. The summed E-state index contributed by atoms with van der Waals surface area (Å²) in [6, 6.07) is 5.26. The summed E-state index contributed by atoms with van der Waals surface area (Å²) in [7, 11) is 0. The molecule has 7 nitrogen and oxygen atoms in total. The Morgan fingerprint density at radius 1 is 1.50 bits per heavy atom. The maximum Gasteiger partial charge on any atom is 0.277 e. The minimum Gasteiger partial charge on any atom is -0.490 e. The molecule has 3 rings (SSSR count). The molecular formula is C18H24ClN5O2. The molecule has 1 fully saturated rings. The Bertz CT molecular complexity index is 743. The summed E-state index contributed by atoms with van der Waals surface area (Å²) < 4.78 is 7.40. The third kappa shape index (κ3) is 4.74. The average molecular weight is 378 g/mol. The van der Waals surface area contributed by atoms with E-state index in [2.05, 4.69) is 20.9 Å². The molecule has 0 spiro atoms. The Balaban J connectivity index is 1.66. The zero-order chi connectivity index (χ0) is 18.4. The number of hydrogen-bond acceptors (Lipinski definition) is 5. The molecule has 1 atom stereocenters. The summed E-state index contributed by atoms with van der Waals surface area (Å²) in [5.74, 6) is 0.662. The van der Waals surface area contributed by atoms with E-state index in [1.807, 2.05) is 6.92 Å². The molecule has 0 saturated carbocycles. The number of ether oxygens (including phenoxy) is 1. The van der Waals surface area contributed by atoms with Crippen molar-refractivity contribution in [3.05, 3.63) is 35.1 Å². The van der Waals surface area contributed by atoms with Crippen molar-refractivity contribution in [2.24, 2.45) is 5.92 Å². The van der Waals surface area contributed by atoms with Gasteiger partial charge in [0.15, 0.2) is 11.4 Å². The maximum absolute atomic E-state index is 12.5. The lowest BCUT2D eigenvalue weighted by Gasteiger charge is -2.22. The number of anilines is 1. The molecule has 26 heavy (non-hydrogen) atoms. The van der Waals surface area contributed by atoms with Crippen molar-refractivity contribution in [3.8, 4) is 5.75 Å². The van der Waals surface area contributed by atoms with E-state index in [0.29, 0.717) is 29.0 Å². The van der Waals surface area contributed by atoms with Crippen molar-refractivity contribution in [3.63, 3.8) is 0 Å². The molecule has 2 N–H and O–H groups in total. The minimum absolute atomic E-state index is 0.273. The van der Waals surface area contributed by atoms with Gasteiger partial charge in [0.25, 0.3) is 5.91 Å². The predicted molar refractivity (Wildman–Crippen MR) is 101 cm³/mol. The smallest absolute Gasteiger partial charge is 0.277 e. The first-order valence-corrected chi connectivity index (χ1v) is 9.38. The number of benzene rings is 1. The summed E-state index contributed by atoms with van der Waals surface area (Å²) in [4.78, 5) is 12.5. The van der Waals surface area contributed by atoms with Gasteiger partial charge in [0, 0.05) is 6.54 Å². The van der Waals surface area contributed by atoms with E-state index in [0.717, 1.165) is 32.5 Å². The van der Waals surface area contributed by atoms with Gasteiger partial charge in [-0.25, -0.2) is 0 Å². The highest BCUT2D eigenvalue weighted by molar-refractivity contribution is 6.32. The number of nitrogens with zero attached hydrogens (tertiary/aromatic N) is 3. The molecule has 0 aliphatic carbocycles. The summed E-state index contributed by atoms with van der Waals surface area (Å²) in [5.41, 5.74) is 0.803. The van der Waals surface area contributed by atoms with Gasteiger partial charge >= 0.3 is 0 Å². The van der Waals surface area contributed by atoms with Crippen molar-refractivity contribution >= 4 is 23.2 Å². The van der Waals surface area contributed by atoms with Gasteiger partial charge in [-0.05, 0) is 50.4 Å². The highest BCUT2D eigenvalue weighted by Crippen LogP contribution is 2.33. The van der Waals surface area contributed by atoms with E-state index in [4.69, 9.17) is 16.3 Å². The van der Waals surface area contributed by atoms with Crippen LogP contribution in [-0.4, -0.2) is 40.6 Å². The summed E-state index contributed by atoms with van der Waals surface area (Å²) in [6.45, 7) is 5.34. The fourth-order valence-electron chi connectivity index (χ4n) is 2.98. The second-order valence-electron chi connectivity index (χ2n) is 6.46. The van der Waals surface area contributed by atoms with Crippen molar-refractivity contribution in [1.82, 2.24) is 20.3 Å². The van der Waals surface area contributed by atoms with Crippen LogP contribution in [-0.2, 0) is 6.54 Å². The number of carbonyl (C=O) groups excluding carboxylic acids is 1. The topological polar surface area (TPSA) is 81.1 Å². The minimum atomic E-state index is -0.332. The average Bonchev–Trinajstić information content (AvgIpc) is 3.11. The van der Waals surface area contributed by atoms with Crippen LogP contribution < -0.4 is 15.4 Å². The van der Waals surface area contributed by atoms with Gasteiger partial charge in [0.2, 0.25) is 0 Å². The molecule has 0 bridgehead atoms. The highest BCUT2D eigenvalue weighted by Gasteiger charge is 2.18. The second-order valence-corrected chi connectivity index (χ2v) is 6.86. The Morgan fingerprint density at radius 3 is 3.15 bits per heavy atom. The van der Waals surface area contributed by atoms with E-state index < -0.39 is 0 Å². The molecule has 8 heteroatoms. The Hall–Kier alpha value is -2.12. The van der Waals surface area contributed by atoms with Gasteiger partial charge in [0.1, 0.15) is 0 Å². The fourth-order valence-corrected chi connectivity index (χ4v) is 3.21. The molecule has 1 aromatic carbocycles. The second kappa shape index (κ2) is 9.00. The maximum atomic E-state index is 12.5. The van der Waals surface area contributed by atoms with Crippen LogP contribution in [0, 0.1) is 5.92 Å². The van der Waals surface area contributed by atoms with Gasteiger partial charge in [-0.15, -0.1) is 5.10 Å². The quantitative estimate of drug-likeness (QED) is 0.775. The van der Waals surface area contributed by atoms with Gasteiger partial charge in [-0.2, -0.15) is 0 Å². The van der Waals surface area contributed by atoms with Crippen molar-refractivity contribution in [2.75, 3.05) is 25.0 Å². The zero-order valence-corrected chi connectivity index (χ0v) is 15.6. The molecular weight excluding hydrogens is 354 g/mol. The summed E-state index contributed by atoms with van der Waals surface area (Å²) in [5, 5.41) is 14.7. The number of carbonyl (C=O) groups is 1. The Labute approximate surface area is 158 Å². The molecule has 1 unspecified atom stereocenters. The zero-order valence-electron chi connectivity index (χ0n) is 14.9. The number of hydrogen-bond donors (Lipinski definition) is 2. The molecule has 1 amide bonds. The normalized spacial score (nSPS) is 17.1. The number of piperidine rings is 1. The molecule has 1 saturated heterocycles. The first-order chi connectivity index (χ1) is 12.7. The van der Waals surface area contributed by atoms with Gasteiger partial charge < -0.3 is 15.4 Å². The van der Waals surface area contributed by atoms with Crippen molar-refractivity contribution < 1.29 is 9.53 Å². The third-order valence-corrected chi connectivity index (χ3v) is 4.58. The lowest BCUT2D eigenvalue weighted by Crippen LogP contribution is -2.32. The van der Waals surface area contributed by atoms with E-state index in [1.54, 1.807) is 29.1 Å². The van der Waals surface area contributed by atoms with Gasteiger partial charge in [-0.1, -0.05) is 29.8 Å². The van der Waals surface area contributed by atoms with Crippen LogP contribution >= 0.6 is 11.6 Å². The van der Waals surface area contributed by atoms with Crippen LogP contribution in [0.2, 0.25) is 5.02 Å². The summed E-state index contributed by atoms with van der Waals surface area (Å²) >= 11 is 6.19. The van der Waals surface area contributed by atoms with Crippen LogP contribution in [0.4, 0.5) is 5.69 Å². The first-order valence-electron chi connectivity index (χ1n) is 9.01. The number of nitrogens with one attached hydrogen (secondary N) is 2. The lowest BCUT2D eigenvalue weighted by atomic mass is 10.00. The van der Waals surface area contributed by atoms with E-state index in [-0.39, 0.29) is 11.6 Å². The van der Waals surface area contributed by atoms with Crippen molar-refractivity contribution in [2.45, 2.75) is 32.7 Å². The highest BCUT2D eigenvalue weighted by atomic mass is 35.5. The summed E-state index contributed by atoms with van der Waals surface area (Å²) in [6.07, 6.45) is 4.86. The molecule has 1 aromatic heterocycles. The molecule has 1 aliphatic heterocycles. The monoisotopic (exact) mass is 377 g/mol. The Kier molecular flexibility index (Phi) is 6.46. The molecule has 2 aromatic rings. The van der Waals surface area contributed by atoms with Gasteiger partial charge in [-0.3, -0.25) is 9.48 Å².